The molecule has 0 aromatic heterocycles. The fourth-order valence-electron chi connectivity index (χ4n) is 13.2. The number of aliphatic carboxylic acids is 5. The lowest BCUT2D eigenvalue weighted by atomic mass is 10.0. The van der Waals surface area contributed by atoms with Crippen molar-refractivity contribution >= 4 is 107 Å². The summed E-state index contributed by atoms with van der Waals surface area (Å²) < 4.78 is 0. The van der Waals surface area contributed by atoms with E-state index in [1.807, 2.05) is 0 Å². The van der Waals surface area contributed by atoms with E-state index < -0.39 is 220 Å². The van der Waals surface area contributed by atoms with Gasteiger partial charge in [-0.15, -0.1) is 0 Å². The molecule has 2 aromatic rings. The smallest absolute Gasteiger partial charge is 0.317 e. The average Bonchev–Trinajstić information content (AvgIpc) is 1.85. The number of aliphatic hydroxyl groups is 2. The summed E-state index contributed by atoms with van der Waals surface area (Å²) in [6.45, 7) is -2.83. The van der Waals surface area contributed by atoms with Gasteiger partial charge in [0.05, 0.1) is 64.2 Å². The predicted octanol–water partition coefficient (Wildman–Crippen LogP) is -9.44. The Hall–Kier alpha value is -11.8. The fourth-order valence-corrected chi connectivity index (χ4v) is 13.2. The van der Waals surface area contributed by atoms with Gasteiger partial charge in [0.15, 0.2) is 11.9 Å². The van der Waals surface area contributed by atoms with E-state index in [9.17, 15) is 112 Å². The number of unbranched alkanes of at least 4 members (excludes halogenated alkanes) is 2. The summed E-state index contributed by atoms with van der Waals surface area (Å²) >= 11 is 0. The number of amides is 11. The van der Waals surface area contributed by atoms with Crippen LogP contribution in [0.2, 0.25) is 0 Å². The van der Waals surface area contributed by atoms with Gasteiger partial charge in [0.2, 0.25) is 65.0 Å². The van der Waals surface area contributed by atoms with Crippen molar-refractivity contribution in [3.63, 3.8) is 0 Å². The van der Waals surface area contributed by atoms with Crippen LogP contribution in [0.4, 0.5) is 0 Å². The van der Waals surface area contributed by atoms with Crippen molar-refractivity contribution in [2.45, 2.75) is 170 Å². The summed E-state index contributed by atoms with van der Waals surface area (Å²) in [5.41, 5.74) is 23.1. The van der Waals surface area contributed by atoms with Crippen molar-refractivity contribution in [3.8, 4) is 0 Å². The highest BCUT2D eigenvalue weighted by Crippen LogP contribution is 2.15. The molecule has 28 N–H and O–H groups in total. The Kier molecular flexibility index (Phi) is 44.2. The van der Waals surface area contributed by atoms with E-state index in [0.717, 1.165) is 0 Å². The summed E-state index contributed by atoms with van der Waals surface area (Å²) in [5, 5.41) is 104. The lowest BCUT2D eigenvalue weighted by Crippen LogP contribution is -2.58. The molecule has 46 heteroatoms. The van der Waals surface area contributed by atoms with Crippen LogP contribution in [-0.4, -0.2) is 347 Å². The Morgan fingerprint density at radius 2 is 0.719 bits per heavy atom. The summed E-state index contributed by atoms with van der Waals surface area (Å²) in [6, 6.07) is 3.39. The maximum atomic E-state index is 14.5. The fraction of sp³-hybridized carbons (Fsp3) is 0.600. The zero-order chi connectivity index (χ0) is 88.9. The SMILES string of the molecule is NC(N)=NCCC[C@@H]1NC(=O)[C@H](CCCCNC(=O)CCC(NC(=O)CN2CCN(CC(=O)O)CCN(CC(=O)O)CCN(CC(=O)O)CC2)C(=O)NCCCC[C@@H]2NC(=O)[C@@H](Cc3ccccc3)NC(=O)[C@H](CC(=O)O)NC(O)CNC(=O)[C@H](CCCN=C(N)N)NC2=O)NC(=O)[C@@H](Cc2ccccc2)NC(=O)[C@H](CC(=O)O)NC(O)CNC1=O. The summed E-state index contributed by atoms with van der Waals surface area (Å²) in [5.74, 6) is -16.5. The standard InChI is InChI=1S/C75H117N23O23/c76-74(77)82-25-11-19-47-66(114)84-39-57(100)87-54(37-60(103)104)72(120)93-52(35-45-13-3-1-4-14-45)70(118)91-49(68(116)89-47)17-7-9-23-80-56(99)22-21-51(86-59(102)41-95-27-29-96(42-62(107)108)31-33-98(44-64(111)112)34-32-97(30-28-95)43-63(109)110)65(113)81-24-10-8-18-50-69(117)90-48(20-12-26-83-75(78)79)67(115)85-40-58(101)88-55(38-61(105)106)73(121)94-53(71(119)92-50)36-46-15-5-2-6-16-46/h1-6,13-16,47-55,57-58,87-88,100-101H,7-12,17-44H2,(H,80,99)(H,81,113)(H,84,114)(H,85,115)(H,86,102)(H,89,116)(H,90,117)(H,91,118)(H,92,119)(H,93,120)(H,94,121)(H,103,104)(H,105,106)(H,107,108)(H,109,110)(H,111,112)(H4,76,77,82)(H4,78,79,83)/t47-,48-,49-,50-,51?,52+,53+,54-,55-,57?,58?/m0/s1. The number of hydrogen-bond acceptors (Lipinski definition) is 26. The molecule has 670 valence electrons. The molecule has 3 aliphatic heterocycles. The largest absolute Gasteiger partial charge is 0.481 e. The summed E-state index contributed by atoms with van der Waals surface area (Å²) in [7, 11) is 0. The Labute approximate surface area is 697 Å². The number of aliphatic hydroxyl groups excluding tert-OH is 2. The summed E-state index contributed by atoms with van der Waals surface area (Å²) in [4.78, 5) is 230. The first kappa shape index (κ1) is 99.7. The number of guanidine groups is 2. The number of nitrogens with one attached hydrogen (secondary N) is 13. The van der Waals surface area contributed by atoms with E-state index in [4.69, 9.17) is 22.9 Å². The van der Waals surface area contributed by atoms with Gasteiger partial charge in [-0.05, 0) is 81.8 Å². The van der Waals surface area contributed by atoms with E-state index >= 15 is 0 Å². The molecule has 3 aliphatic rings. The van der Waals surface area contributed by atoms with Gasteiger partial charge in [-0.2, -0.15) is 0 Å². The molecular formula is C75H117N23O23. The minimum atomic E-state index is -1.72. The second kappa shape index (κ2) is 53.7. The van der Waals surface area contributed by atoms with Crippen molar-refractivity contribution in [2.24, 2.45) is 32.9 Å². The first-order valence-electron chi connectivity index (χ1n) is 39.9. The average molecular weight is 1710 g/mol. The molecule has 3 fully saturated rings. The number of nitrogens with two attached hydrogens (primary N) is 4. The number of carboxylic acids is 5. The first-order chi connectivity index (χ1) is 57.6. The monoisotopic (exact) mass is 1710 g/mol. The first-order valence-corrected chi connectivity index (χ1v) is 39.9. The van der Waals surface area contributed by atoms with E-state index in [0.29, 0.717) is 11.1 Å². The molecule has 11 atom stereocenters. The summed E-state index contributed by atoms with van der Waals surface area (Å²) in [6.07, 6.45) is -6.30. The minimum absolute atomic E-state index is 0.00820. The van der Waals surface area contributed by atoms with E-state index in [2.05, 4.69) is 79.1 Å². The van der Waals surface area contributed by atoms with Gasteiger partial charge < -0.3 is 117 Å². The van der Waals surface area contributed by atoms with Crippen molar-refractivity contribution in [1.29, 1.82) is 0 Å². The van der Waals surface area contributed by atoms with Gasteiger partial charge in [-0.3, -0.25) is 117 Å². The number of carboxylic acid groups (broad SMARTS) is 5. The molecule has 0 bridgehead atoms. The molecular weight excluding hydrogens is 1590 g/mol. The van der Waals surface area contributed by atoms with Crippen LogP contribution < -0.4 is 92.1 Å². The van der Waals surface area contributed by atoms with Crippen LogP contribution in [0.3, 0.4) is 0 Å². The molecule has 5 rings (SSSR count). The zero-order valence-corrected chi connectivity index (χ0v) is 67.3. The normalized spacial score (nSPS) is 22.6. The predicted molar refractivity (Wildman–Crippen MR) is 432 cm³/mol. The van der Waals surface area contributed by atoms with Crippen molar-refractivity contribution in [2.75, 3.05) is 118 Å². The highest BCUT2D eigenvalue weighted by molar-refractivity contribution is 5.98. The highest BCUT2D eigenvalue weighted by Gasteiger charge is 2.37. The molecule has 0 spiro atoms. The lowest BCUT2D eigenvalue weighted by Gasteiger charge is -2.33. The lowest BCUT2D eigenvalue weighted by molar-refractivity contribution is -0.141. The van der Waals surface area contributed by atoms with Crippen LogP contribution in [0.5, 0.6) is 0 Å². The molecule has 0 radical (unpaired) electrons. The minimum Gasteiger partial charge on any atom is -0.481 e. The van der Waals surface area contributed by atoms with Crippen molar-refractivity contribution < 1.29 is 112 Å². The molecule has 3 unspecified atom stereocenters. The molecule has 3 saturated heterocycles. The number of nitrogens with zero attached hydrogens (tertiary/aromatic N) is 6. The maximum Gasteiger partial charge on any atom is 0.317 e. The van der Waals surface area contributed by atoms with Gasteiger partial charge >= 0.3 is 29.8 Å². The van der Waals surface area contributed by atoms with Crippen LogP contribution in [0.15, 0.2) is 70.6 Å². The number of benzene rings is 2. The van der Waals surface area contributed by atoms with Crippen molar-refractivity contribution in [1.82, 2.24) is 88.7 Å². The van der Waals surface area contributed by atoms with E-state index in [1.165, 1.54) is 9.80 Å². The number of carbonyl (C=O) groups excluding carboxylic acids is 11. The molecule has 121 heavy (non-hydrogen) atoms. The second-order valence-electron chi connectivity index (χ2n) is 29.4. The quantitative estimate of drug-likeness (QED) is 0.0168. The Bertz CT molecular complexity index is 3810. The third-order valence-corrected chi connectivity index (χ3v) is 19.5. The molecule has 0 saturated carbocycles. The number of β-amino-alcohol motifs (C(OH)–C–C–N with tert-alkyl or cyclic N) is 2. The molecule has 2 aromatic carbocycles. The van der Waals surface area contributed by atoms with E-state index in [-0.39, 0.29) is 174 Å². The van der Waals surface area contributed by atoms with Crippen LogP contribution in [0.1, 0.15) is 101 Å². The third kappa shape index (κ3) is 40.7. The van der Waals surface area contributed by atoms with Crippen molar-refractivity contribution in [3.05, 3.63) is 71.8 Å². The second-order valence-corrected chi connectivity index (χ2v) is 29.4. The molecule has 0 aliphatic carbocycles. The number of hydrogen-bond donors (Lipinski definition) is 24. The highest BCUT2D eigenvalue weighted by atomic mass is 16.4. The maximum absolute atomic E-state index is 14.5. The number of carbonyl (C=O) groups is 16. The molecule has 46 nitrogen and oxygen atoms in total. The van der Waals surface area contributed by atoms with E-state index in [1.54, 1.807) is 70.5 Å². The topological polar surface area (TPSA) is 713 Å². The Morgan fingerprint density at radius 1 is 0.397 bits per heavy atom. The van der Waals surface area contributed by atoms with Gasteiger partial charge in [-0.25, -0.2) is 0 Å². The van der Waals surface area contributed by atoms with Gasteiger partial charge in [0.1, 0.15) is 54.7 Å². The number of aliphatic imine (C=N–C) groups is 2. The van der Waals surface area contributed by atoms with Gasteiger partial charge in [0, 0.05) is 97.8 Å². The van der Waals surface area contributed by atoms with Gasteiger partial charge in [-0.1, -0.05) is 60.7 Å². The zero-order valence-electron chi connectivity index (χ0n) is 67.3. The van der Waals surface area contributed by atoms with Crippen LogP contribution in [0, 0.1) is 0 Å². The van der Waals surface area contributed by atoms with Crippen LogP contribution in [-0.2, 0) is 89.6 Å². The Balaban J connectivity index is 1.41. The van der Waals surface area contributed by atoms with Crippen LogP contribution >= 0.6 is 0 Å². The molecule has 11 amide bonds. The molecule has 3 heterocycles. The number of rotatable bonds is 39. The Morgan fingerprint density at radius 3 is 1.07 bits per heavy atom. The van der Waals surface area contributed by atoms with Crippen LogP contribution in [0.25, 0.3) is 0 Å². The van der Waals surface area contributed by atoms with Gasteiger partial charge in [0.25, 0.3) is 0 Å². The third-order valence-electron chi connectivity index (χ3n) is 19.5.